The molecule has 0 saturated carbocycles. The fourth-order valence-corrected chi connectivity index (χ4v) is 4.51. The molecule has 0 radical (unpaired) electrons. The Hall–Kier alpha value is -2.56. The molecule has 0 atom stereocenters. The van der Waals surface area contributed by atoms with Crippen molar-refractivity contribution in [3.63, 3.8) is 0 Å². The van der Waals surface area contributed by atoms with Crippen molar-refractivity contribution in [2.45, 2.75) is 11.8 Å². The molecular weight excluding hydrogens is 387 g/mol. The number of nitrogens with zero attached hydrogens (tertiary/aromatic N) is 2. The van der Waals surface area contributed by atoms with Crippen LogP contribution in [0.5, 0.6) is 0 Å². The largest absolute Gasteiger partial charge is 0.348 e. The number of anilines is 2. The Morgan fingerprint density at radius 1 is 1.14 bits per heavy atom. The van der Waals surface area contributed by atoms with Gasteiger partial charge in [-0.25, -0.2) is 12.8 Å². The summed E-state index contributed by atoms with van der Waals surface area (Å²) in [6.45, 7) is 3.79. The molecule has 150 valence electrons. The van der Waals surface area contributed by atoms with E-state index in [1.807, 2.05) is 7.05 Å². The van der Waals surface area contributed by atoms with Gasteiger partial charge < -0.3 is 10.2 Å². The lowest BCUT2D eigenvalue weighted by atomic mass is 10.2. The monoisotopic (exact) mass is 409 g/mol. The average molecular weight is 409 g/mol. The van der Waals surface area contributed by atoms with E-state index in [1.165, 1.54) is 33.5 Å². The topological polar surface area (TPSA) is 97.0 Å². The Balaban J connectivity index is 1.94. The molecule has 1 aliphatic rings. The summed E-state index contributed by atoms with van der Waals surface area (Å²) in [6, 6.07) is 8.09. The Labute approximate surface area is 162 Å². The lowest BCUT2D eigenvalue weighted by molar-refractivity contribution is -0.883. The van der Waals surface area contributed by atoms with Gasteiger partial charge in [0.2, 0.25) is 10.0 Å². The first-order valence-corrected chi connectivity index (χ1v) is 10.3. The highest BCUT2D eigenvalue weighted by Gasteiger charge is 2.31. The molecule has 2 aromatic carbocycles. The first-order valence-electron chi connectivity index (χ1n) is 8.81. The lowest BCUT2D eigenvalue weighted by Crippen LogP contribution is -3.12. The molecule has 2 aromatic rings. The number of quaternary nitrogens is 1. The number of sulfonamides is 1. The molecule has 28 heavy (non-hydrogen) atoms. The quantitative estimate of drug-likeness (QED) is 0.573. The normalized spacial score (nSPS) is 16.1. The van der Waals surface area contributed by atoms with E-state index < -0.39 is 26.5 Å². The van der Waals surface area contributed by atoms with Crippen molar-refractivity contribution in [2.24, 2.45) is 0 Å². The standard InChI is InChI=1S/C18H21FN4O4S/c1-13-3-5-16(15(19)11-13)20-17-6-4-14(12-18(17)23(24)25)28(26,27)22-9-7-21(2)8-10-22/h3-6,11-12,20H,7-10H2,1-2H3/p+1. The number of likely N-dealkylation sites (N-methyl/N-ethyl adjacent to an activating group) is 1. The van der Waals surface area contributed by atoms with E-state index in [0.717, 1.165) is 6.07 Å². The fourth-order valence-electron chi connectivity index (χ4n) is 3.05. The van der Waals surface area contributed by atoms with Crippen molar-refractivity contribution in [3.8, 4) is 0 Å². The van der Waals surface area contributed by atoms with E-state index in [9.17, 15) is 22.9 Å². The maximum absolute atomic E-state index is 14.1. The SMILES string of the molecule is Cc1ccc(Nc2ccc(S(=O)(=O)N3CC[NH+](C)CC3)cc2[N+](=O)[O-])c(F)c1. The van der Waals surface area contributed by atoms with Crippen LogP contribution < -0.4 is 10.2 Å². The summed E-state index contributed by atoms with van der Waals surface area (Å²) in [4.78, 5) is 11.9. The Morgan fingerprint density at radius 2 is 1.79 bits per heavy atom. The molecule has 0 aromatic heterocycles. The first kappa shape index (κ1) is 20.2. The summed E-state index contributed by atoms with van der Waals surface area (Å²) in [5, 5.41) is 14.2. The van der Waals surface area contributed by atoms with Gasteiger partial charge in [0, 0.05) is 6.07 Å². The van der Waals surface area contributed by atoms with E-state index >= 15 is 0 Å². The van der Waals surface area contributed by atoms with Crippen LogP contribution in [-0.2, 0) is 10.0 Å². The molecule has 2 N–H and O–H groups in total. The molecular formula is C18H22FN4O4S+. The highest BCUT2D eigenvalue weighted by atomic mass is 32.2. The Morgan fingerprint density at radius 3 is 2.39 bits per heavy atom. The van der Waals surface area contributed by atoms with Gasteiger partial charge in [0.1, 0.15) is 11.5 Å². The molecule has 10 heteroatoms. The summed E-state index contributed by atoms with van der Waals surface area (Å²) in [5.41, 5.74) is 0.384. The molecule has 3 rings (SSSR count). The predicted octanol–water partition coefficient (Wildman–Crippen LogP) is 1.30. The van der Waals surface area contributed by atoms with E-state index in [4.69, 9.17) is 0 Å². The number of rotatable bonds is 5. The highest BCUT2D eigenvalue weighted by molar-refractivity contribution is 7.89. The van der Waals surface area contributed by atoms with Crippen molar-refractivity contribution in [2.75, 3.05) is 38.5 Å². The molecule has 0 spiro atoms. The van der Waals surface area contributed by atoms with Gasteiger partial charge in [-0.15, -0.1) is 0 Å². The number of benzene rings is 2. The number of nitrogens with one attached hydrogen (secondary N) is 2. The second-order valence-electron chi connectivity index (χ2n) is 6.91. The number of nitro groups is 1. The number of hydrogen-bond donors (Lipinski definition) is 2. The zero-order valence-electron chi connectivity index (χ0n) is 15.6. The van der Waals surface area contributed by atoms with Crippen LogP contribution in [0.2, 0.25) is 0 Å². The summed E-state index contributed by atoms with van der Waals surface area (Å²) in [6.07, 6.45) is 0. The van der Waals surface area contributed by atoms with Crippen LogP contribution in [0.1, 0.15) is 5.56 Å². The van der Waals surface area contributed by atoms with Gasteiger partial charge in [-0.1, -0.05) is 6.07 Å². The number of piperazine rings is 1. The second kappa shape index (κ2) is 7.82. The minimum absolute atomic E-state index is 0.0227. The first-order chi connectivity index (χ1) is 13.2. The van der Waals surface area contributed by atoms with Gasteiger partial charge in [0.05, 0.1) is 48.7 Å². The zero-order chi connectivity index (χ0) is 20.5. The van der Waals surface area contributed by atoms with Gasteiger partial charge in [-0.2, -0.15) is 4.31 Å². The van der Waals surface area contributed by atoms with Crippen LogP contribution in [0, 0.1) is 22.9 Å². The highest BCUT2D eigenvalue weighted by Crippen LogP contribution is 2.32. The molecule has 1 heterocycles. The van der Waals surface area contributed by atoms with Gasteiger partial charge >= 0.3 is 0 Å². The van der Waals surface area contributed by atoms with Crippen LogP contribution in [0.3, 0.4) is 0 Å². The van der Waals surface area contributed by atoms with Crippen LogP contribution in [0.15, 0.2) is 41.3 Å². The van der Waals surface area contributed by atoms with Crippen molar-refractivity contribution in [1.29, 1.82) is 0 Å². The zero-order valence-corrected chi connectivity index (χ0v) is 16.4. The van der Waals surface area contributed by atoms with Crippen LogP contribution >= 0.6 is 0 Å². The lowest BCUT2D eigenvalue weighted by Gasteiger charge is -2.29. The number of hydrogen-bond acceptors (Lipinski definition) is 5. The van der Waals surface area contributed by atoms with E-state index in [1.54, 1.807) is 13.0 Å². The van der Waals surface area contributed by atoms with Gasteiger partial charge in [0.15, 0.2) is 0 Å². The van der Waals surface area contributed by atoms with Crippen molar-refractivity contribution >= 4 is 27.1 Å². The average Bonchev–Trinajstić information content (AvgIpc) is 2.64. The molecule has 1 aliphatic heterocycles. The van der Waals surface area contributed by atoms with Crippen molar-refractivity contribution in [1.82, 2.24) is 4.31 Å². The Bertz CT molecular complexity index is 1000. The smallest absolute Gasteiger partial charge is 0.294 e. The van der Waals surface area contributed by atoms with Crippen molar-refractivity contribution < 1.29 is 22.6 Å². The minimum atomic E-state index is -3.83. The van der Waals surface area contributed by atoms with Gasteiger partial charge in [0.25, 0.3) is 5.69 Å². The van der Waals surface area contributed by atoms with Crippen LogP contribution in [-0.4, -0.2) is 50.9 Å². The van der Waals surface area contributed by atoms with Gasteiger partial charge in [-0.3, -0.25) is 10.1 Å². The fraction of sp³-hybridized carbons (Fsp3) is 0.333. The molecule has 0 amide bonds. The number of nitro benzene ring substituents is 1. The van der Waals surface area contributed by atoms with E-state index in [0.29, 0.717) is 31.7 Å². The molecule has 1 saturated heterocycles. The maximum atomic E-state index is 14.1. The second-order valence-corrected chi connectivity index (χ2v) is 8.84. The molecule has 0 aliphatic carbocycles. The van der Waals surface area contributed by atoms with E-state index in [-0.39, 0.29) is 16.3 Å². The van der Waals surface area contributed by atoms with Gasteiger partial charge in [-0.05, 0) is 36.8 Å². The summed E-state index contributed by atoms with van der Waals surface area (Å²) >= 11 is 0. The van der Waals surface area contributed by atoms with Crippen molar-refractivity contribution in [3.05, 3.63) is 57.9 Å². The summed E-state index contributed by atoms with van der Waals surface area (Å²) in [5.74, 6) is -0.550. The number of halogens is 1. The Kier molecular flexibility index (Phi) is 5.64. The number of aryl methyl sites for hydroxylation is 1. The third-order valence-electron chi connectivity index (χ3n) is 4.77. The minimum Gasteiger partial charge on any atom is -0.348 e. The van der Waals surface area contributed by atoms with Crippen LogP contribution in [0.25, 0.3) is 0 Å². The third kappa shape index (κ3) is 4.13. The summed E-state index contributed by atoms with van der Waals surface area (Å²) < 4.78 is 41.1. The molecule has 0 unspecified atom stereocenters. The molecule has 0 bridgehead atoms. The third-order valence-corrected chi connectivity index (χ3v) is 6.67. The predicted molar refractivity (Wildman–Crippen MR) is 103 cm³/mol. The van der Waals surface area contributed by atoms with E-state index in [2.05, 4.69) is 5.32 Å². The van der Waals surface area contributed by atoms with Crippen LogP contribution in [0.4, 0.5) is 21.5 Å². The molecule has 8 nitrogen and oxygen atoms in total. The summed E-state index contributed by atoms with van der Waals surface area (Å²) in [7, 11) is -1.85. The maximum Gasteiger partial charge on any atom is 0.294 e. The molecule has 1 fully saturated rings.